The first-order valence-electron chi connectivity index (χ1n) is 16.7. The SMILES string of the molecule is CC(C)N(C(=O)[C@H](CC(=O)O)NC(=O)[C@@H](N)CC(=O)O)[C@@H](CCCCN)C(=O)N[C@@H](C)C(=O)N[C@@H](Cc1ccccc1)C(=O)N[C@H](C(=O)O)[C@@H](C)O. The molecule has 0 unspecified atom stereocenters. The molecular formula is C33H51N7O12. The molecule has 0 fully saturated rings. The second-order valence-corrected chi connectivity index (χ2v) is 12.5. The first-order valence-corrected chi connectivity index (χ1v) is 16.7. The second kappa shape index (κ2) is 21.9. The Balaban J connectivity index is 3.37. The molecule has 0 radical (unpaired) electrons. The van der Waals surface area contributed by atoms with Crippen molar-refractivity contribution >= 4 is 47.4 Å². The quantitative estimate of drug-likeness (QED) is 0.0527. The van der Waals surface area contributed by atoms with E-state index in [4.69, 9.17) is 16.6 Å². The highest BCUT2D eigenvalue weighted by Gasteiger charge is 2.38. The van der Waals surface area contributed by atoms with Crippen LogP contribution in [0.15, 0.2) is 30.3 Å². The molecule has 7 atom stereocenters. The minimum absolute atomic E-state index is 0.00250. The molecule has 19 nitrogen and oxygen atoms in total. The fourth-order valence-electron chi connectivity index (χ4n) is 5.13. The molecule has 0 heterocycles. The van der Waals surface area contributed by atoms with Crippen molar-refractivity contribution in [2.24, 2.45) is 11.5 Å². The van der Waals surface area contributed by atoms with Gasteiger partial charge in [0.05, 0.1) is 25.0 Å². The van der Waals surface area contributed by atoms with Gasteiger partial charge in [-0.15, -0.1) is 0 Å². The summed E-state index contributed by atoms with van der Waals surface area (Å²) in [5, 5.41) is 47.2. The Labute approximate surface area is 300 Å². The van der Waals surface area contributed by atoms with Crippen molar-refractivity contribution in [1.82, 2.24) is 26.2 Å². The first kappa shape index (κ1) is 44.9. The van der Waals surface area contributed by atoms with Gasteiger partial charge >= 0.3 is 17.9 Å². The molecular weight excluding hydrogens is 686 g/mol. The highest BCUT2D eigenvalue weighted by atomic mass is 16.4. The zero-order valence-corrected chi connectivity index (χ0v) is 29.6. The summed E-state index contributed by atoms with van der Waals surface area (Å²) in [7, 11) is 0. The molecule has 0 aliphatic rings. The average molecular weight is 738 g/mol. The number of carboxylic acid groups (broad SMARTS) is 3. The number of hydrogen-bond donors (Lipinski definition) is 10. The van der Waals surface area contributed by atoms with Gasteiger partial charge in [-0.25, -0.2) is 4.79 Å². The maximum atomic E-state index is 13.9. The monoisotopic (exact) mass is 737 g/mol. The third kappa shape index (κ3) is 15.0. The van der Waals surface area contributed by atoms with E-state index in [1.54, 1.807) is 30.3 Å². The van der Waals surface area contributed by atoms with Crippen LogP contribution in [0, 0.1) is 0 Å². The largest absolute Gasteiger partial charge is 0.481 e. The Kier molecular flexibility index (Phi) is 18.9. The summed E-state index contributed by atoms with van der Waals surface area (Å²) in [5.74, 6) is -9.10. The molecule has 1 aromatic carbocycles. The van der Waals surface area contributed by atoms with Crippen LogP contribution in [0.4, 0.5) is 0 Å². The minimum atomic E-state index is -1.74. The van der Waals surface area contributed by atoms with E-state index in [9.17, 15) is 53.7 Å². The predicted molar refractivity (Wildman–Crippen MR) is 184 cm³/mol. The maximum Gasteiger partial charge on any atom is 0.328 e. The smallest absolute Gasteiger partial charge is 0.328 e. The van der Waals surface area contributed by atoms with Gasteiger partial charge in [0, 0.05) is 12.5 Å². The van der Waals surface area contributed by atoms with Crippen molar-refractivity contribution in [3.8, 4) is 0 Å². The minimum Gasteiger partial charge on any atom is -0.481 e. The van der Waals surface area contributed by atoms with E-state index < -0.39 is 109 Å². The van der Waals surface area contributed by atoms with Crippen molar-refractivity contribution in [3.63, 3.8) is 0 Å². The maximum absolute atomic E-state index is 13.9. The summed E-state index contributed by atoms with van der Waals surface area (Å²) in [6.07, 6.45) is -2.53. The fraction of sp³-hybridized carbons (Fsp3) is 0.576. The van der Waals surface area contributed by atoms with Crippen LogP contribution in [0.25, 0.3) is 0 Å². The molecule has 52 heavy (non-hydrogen) atoms. The van der Waals surface area contributed by atoms with Crippen LogP contribution in [0.3, 0.4) is 0 Å². The number of unbranched alkanes of at least 4 members (excludes halogenated alkanes) is 1. The lowest BCUT2D eigenvalue weighted by molar-refractivity contribution is -0.149. The van der Waals surface area contributed by atoms with Crippen LogP contribution in [0.2, 0.25) is 0 Å². The highest BCUT2D eigenvalue weighted by molar-refractivity contribution is 5.97. The average Bonchev–Trinajstić information content (AvgIpc) is 3.05. The van der Waals surface area contributed by atoms with Crippen LogP contribution < -0.4 is 32.7 Å². The number of rotatable bonds is 23. The van der Waals surface area contributed by atoms with Crippen molar-refractivity contribution < 1.29 is 58.8 Å². The number of carbonyl (C=O) groups is 8. The number of amides is 5. The topological polar surface area (TPSA) is 321 Å². The lowest BCUT2D eigenvalue weighted by Gasteiger charge is -2.37. The van der Waals surface area contributed by atoms with Crippen LogP contribution in [-0.4, -0.2) is 128 Å². The molecule has 290 valence electrons. The lowest BCUT2D eigenvalue weighted by atomic mass is 10.0. The van der Waals surface area contributed by atoms with E-state index in [2.05, 4.69) is 21.3 Å². The number of aliphatic hydroxyl groups is 1. The molecule has 1 rings (SSSR count). The molecule has 1 aromatic rings. The fourth-order valence-corrected chi connectivity index (χ4v) is 5.13. The Morgan fingerprint density at radius 3 is 1.81 bits per heavy atom. The van der Waals surface area contributed by atoms with E-state index in [1.807, 2.05) is 0 Å². The highest BCUT2D eigenvalue weighted by Crippen LogP contribution is 2.17. The van der Waals surface area contributed by atoms with Crippen molar-refractivity contribution in [3.05, 3.63) is 35.9 Å². The number of benzene rings is 1. The van der Waals surface area contributed by atoms with E-state index in [1.165, 1.54) is 27.7 Å². The van der Waals surface area contributed by atoms with Gasteiger partial charge in [-0.05, 0) is 59.1 Å². The number of nitrogens with one attached hydrogen (secondary N) is 4. The number of nitrogens with two attached hydrogens (primary N) is 2. The second-order valence-electron chi connectivity index (χ2n) is 12.5. The van der Waals surface area contributed by atoms with Gasteiger partial charge < -0.3 is 58.1 Å². The molecule has 0 saturated heterocycles. The normalized spacial score (nSPS) is 15.1. The van der Waals surface area contributed by atoms with Crippen molar-refractivity contribution in [2.75, 3.05) is 6.54 Å². The number of carboxylic acids is 3. The molecule has 0 aliphatic carbocycles. The van der Waals surface area contributed by atoms with Gasteiger partial charge in [0.25, 0.3) is 0 Å². The summed E-state index contributed by atoms with van der Waals surface area (Å²) in [6, 6.07) is -1.36. The van der Waals surface area contributed by atoms with E-state index in [0.717, 1.165) is 4.90 Å². The van der Waals surface area contributed by atoms with Crippen molar-refractivity contribution in [1.29, 1.82) is 0 Å². The number of aliphatic carboxylic acids is 3. The van der Waals surface area contributed by atoms with Crippen molar-refractivity contribution in [2.45, 2.75) is 115 Å². The first-order chi connectivity index (χ1) is 24.3. The lowest BCUT2D eigenvalue weighted by Crippen LogP contribution is -2.61. The Morgan fingerprint density at radius 1 is 0.731 bits per heavy atom. The zero-order chi connectivity index (χ0) is 39.7. The summed E-state index contributed by atoms with van der Waals surface area (Å²) in [6.45, 7) is 5.79. The third-order valence-corrected chi connectivity index (χ3v) is 7.82. The summed E-state index contributed by atoms with van der Waals surface area (Å²) in [5.41, 5.74) is 11.8. The summed E-state index contributed by atoms with van der Waals surface area (Å²) >= 11 is 0. The van der Waals surface area contributed by atoms with E-state index in [-0.39, 0.29) is 19.4 Å². The van der Waals surface area contributed by atoms with Gasteiger partial charge in [-0.2, -0.15) is 0 Å². The van der Waals surface area contributed by atoms with Crippen LogP contribution in [0.5, 0.6) is 0 Å². The molecule has 5 amide bonds. The van der Waals surface area contributed by atoms with Crippen LogP contribution in [0.1, 0.15) is 65.4 Å². The van der Waals surface area contributed by atoms with Crippen LogP contribution in [-0.2, 0) is 44.8 Å². The molecule has 0 bridgehead atoms. The number of nitrogens with zero attached hydrogens (tertiary/aromatic N) is 1. The van der Waals surface area contributed by atoms with Gasteiger partial charge in [0.15, 0.2) is 6.04 Å². The Morgan fingerprint density at radius 2 is 1.31 bits per heavy atom. The molecule has 0 aromatic heterocycles. The molecule has 12 N–H and O–H groups in total. The summed E-state index contributed by atoms with van der Waals surface area (Å²) < 4.78 is 0. The van der Waals surface area contributed by atoms with Gasteiger partial charge in [-0.3, -0.25) is 33.6 Å². The van der Waals surface area contributed by atoms with Crippen LogP contribution >= 0.6 is 0 Å². The Bertz CT molecular complexity index is 1410. The number of hydrogen-bond acceptors (Lipinski definition) is 11. The molecule has 0 aliphatic heterocycles. The molecule has 0 saturated carbocycles. The molecule has 0 spiro atoms. The third-order valence-electron chi connectivity index (χ3n) is 7.82. The number of aliphatic hydroxyl groups excluding tert-OH is 1. The van der Waals surface area contributed by atoms with E-state index in [0.29, 0.717) is 18.4 Å². The van der Waals surface area contributed by atoms with E-state index >= 15 is 0 Å². The zero-order valence-electron chi connectivity index (χ0n) is 29.6. The number of carbonyl (C=O) groups excluding carboxylic acids is 5. The van der Waals surface area contributed by atoms with Gasteiger partial charge in [0.1, 0.15) is 24.2 Å². The Hall–Kier alpha value is -5.14. The molecule has 19 heteroatoms. The standard InChI is InChI=1S/C33H51N7O12/c1-17(2)40(32(50)23(16-26(44)45)38-29(47)21(35)15-25(42)43)24(12-8-9-13-34)31(49)36-18(3)28(46)37-22(14-20-10-6-5-7-11-20)30(48)39-27(19(4)41)33(51)52/h5-7,10-11,17-19,21-24,27,41H,8-9,12-16,34-35H2,1-4H3,(H,36,49)(H,37,46)(H,38,47)(H,39,48)(H,42,43)(H,44,45)(H,51,52)/t18-,19+,21-,22-,23-,24-,27-/m0/s1. The predicted octanol–water partition coefficient (Wildman–Crippen LogP) is -2.34. The van der Waals surface area contributed by atoms with Gasteiger partial charge in [0.2, 0.25) is 29.5 Å². The van der Waals surface area contributed by atoms with Gasteiger partial charge in [-0.1, -0.05) is 30.3 Å². The summed E-state index contributed by atoms with van der Waals surface area (Å²) in [4.78, 5) is 102.